The second kappa shape index (κ2) is 4.55. The van der Waals surface area contributed by atoms with Crippen molar-refractivity contribution >= 4 is 0 Å². The zero-order valence-electron chi connectivity index (χ0n) is 8.44. The van der Waals surface area contributed by atoms with Gasteiger partial charge in [0.25, 0.3) is 0 Å². The van der Waals surface area contributed by atoms with E-state index in [1.165, 1.54) is 0 Å². The lowest BCUT2D eigenvalue weighted by Gasteiger charge is -2.18. The average molecular weight is 155 g/mol. The quantitative estimate of drug-likeness (QED) is 0.618. The van der Waals surface area contributed by atoms with E-state index < -0.39 is 0 Å². The Bertz CT molecular complexity index is 117. The molecule has 0 aliphatic carbocycles. The number of hydrogen-bond acceptors (Lipinski definition) is 1. The first kappa shape index (κ1) is 10.7. The van der Waals surface area contributed by atoms with Gasteiger partial charge in [0.1, 0.15) is 0 Å². The zero-order chi connectivity index (χ0) is 8.91. The molecule has 0 bridgehead atoms. The molecule has 0 spiro atoms. The third-order valence-electron chi connectivity index (χ3n) is 1.27. The molecule has 1 N–H and O–H groups in total. The number of allylic oxidation sites excluding steroid dienone is 1. The van der Waals surface area contributed by atoms with Crippen molar-refractivity contribution in [3.63, 3.8) is 0 Å². The molecule has 0 aromatic rings. The molecule has 0 aliphatic heterocycles. The van der Waals surface area contributed by atoms with E-state index in [0.717, 1.165) is 6.54 Å². The van der Waals surface area contributed by atoms with Crippen molar-refractivity contribution in [2.75, 3.05) is 6.54 Å². The largest absolute Gasteiger partial charge is 0.309 e. The maximum absolute atomic E-state index is 3.39. The van der Waals surface area contributed by atoms with E-state index in [1.54, 1.807) is 0 Å². The Kier molecular flexibility index (Phi) is 4.43. The smallest absolute Gasteiger partial charge is 0.0139 e. The highest BCUT2D eigenvalue weighted by molar-refractivity contribution is 4.88. The van der Waals surface area contributed by atoms with Crippen LogP contribution in [0.1, 0.15) is 34.6 Å². The van der Waals surface area contributed by atoms with Gasteiger partial charge >= 0.3 is 0 Å². The molecule has 0 saturated carbocycles. The highest BCUT2D eigenvalue weighted by Crippen LogP contribution is 1.98. The maximum atomic E-state index is 3.39. The first-order valence-corrected chi connectivity index (χ1v) is 4.33. The van der Waals surface area contributed by atoms with Gasteiger partial charge in [-0.25, -0.2) is 0 Å². The molecular weight excluding hydrogens is 134 g/mol. The molecule has 0 amide bonds. The summed E-state index contributed by atoms with van der Waals surface area (Å²) in [6, 6.07) is 0. The van der Waals surface area contributed by atoms with Gasteiger partial charge < -0.3 is 5.32 Å². The summed E-state index contributed by atoms with van der Waals surface area (Å²) in [5.74, 6) is 0.664. The summed E-state index contributed by atoms with van der Waals surface area (Å²) in [7, 11) is 0. The molecule has 0 atom stereocenters. The minimum Gasteiger partial charge on any atom is -0.309 e. The van der Waals surface area contributed by atoms with Gasteiger partial charge in [-0.3, -0.25) is 0 Å². The van der Waals surface area contributed by atoms with Crippen molar-refractivity contribution in [1.29, 1.82) is 0 Å². The van der Waals surface area contributed by atoms with Crippen LogP contribution < -0.4 is 5.32 Å². The van der Waals surface area contributed by atoms with Gasteiger partial charge in [-0.2, -0.15) is 0 Å². The van der Waals surface area contributed by atoms with Crippen molar-refractivity contribution in [1.82, 2.24) is 5.32 Å². The molecule has 0 unspecified atom stereocenters. The number of hydrogen-bond donors (Lipinski definition) is 1. The summed E-state index contributed by atoms with van der Waals surface area (Å²) in [4.78, 5) is 0. The van der Waals surface area contributed by atoms with Crippen LogP contribution in [0.2, 0.25) is 0 Å². The summed E-state index contributed by atoms with van der Waals surface area (Å²) in [5.41, 5.74) is 0.237. The number of rotatable bonds is 3. The monoisotopic (exact) mass is 155 g/mol. The third-order valence-corrected chi connectivity index (χ3v) is 1.27. The van der Waals surface area contributed by atoms with E-state index in [2.05, 4.69) is 52.1 Å². The van der Waals surface area contributed by atoms with Crippen LogP contribution in [0, 0.1) is 5.92 Å². The lowest BCUT2D eigenvalue weighted by Crippen LogP contribution is -2.35. The Labute approximate surface area is 70.9 Å². The van der Waals surface area contributed by atoms with Crippen LogP contribution >= 0.6 is 0 Å². The molecule has 1 heteroatoms. The molecule has 0 rings (SSSR count). The van der Waals surface area contributed by atoms with Gasteiger partial charge in [0.2, 0.25) is 0 Å². The van der Waals surface area contributed by atoms with E-state index in [4.69, 9.17) is 0 Å². The van der Waals surface area contributed by atoms with E-state index in [9.17, 15) is 0 Å². The van der Waals surface area contributed by atoms with E-state index >= 15 is 0 Å². The van der Waals surface area contributed by atoms with E-state index in [-0.39, 0.29) is 5.54 Å². The van der Waals surface area contributed by atoms with Crippen molar-refractivity contribution in [2.45, 2.75) is 40.2 Å². The fraction of sp³-hybridized carbons (Fsp3) is 0.800. The lowest BCUT2D eigenvalue weighted by molar-refractivity contribution is 0.449. The zero-order valence-corrected chi connectivity index (χ0v) is 8.44. The molecule has 0 fully saturated rings. The Morgan fingerprint density at radius 2 is 1.82 bits per heavy atom. The van der Waals surface area contributed by atoms with Crippen molar-refractivity contribution < 1.29 is 0 Å². The minimum absolute atomic E-state index is 0.237. The summed E-state index contributed by atoms with van der Waals surface area (Å²) in [5, 5.41) is 3.39. The highest BCUT2D eigenvalue weighted by Gasteiger charge is 2.05. The van der Waals surface area contributed by atoms with Crippen molar-refractivity contribution in [3.8, 4) is 0 Å². The first-order valence-electron chi connectivity index (χ1n) is 4.33. The fourth-order valence-electron chi connectivity index (χ4n) is 0.705. The van der Waals surface area contributed by atoms with Crippen LogP contribution in [0.3, 0.4) is 0 Å². The summed E-state index contributed by atoms with van der Waals surface area (Å²) < 4.78 is 0. The average Bonchev–Trinajstić information content (AvgIpc) is 1.78. The summed E-state index contributed by atoms with van der Waals surface area (Å²) in [6.45, 7) is 11.9. The Morgan fingerprint density at radius 3 is 2.18 bits per heavy atom. The molecule has 0 aliphatic rings. The SMILES string of the molecule is CC(C)/C=C/CNC(C)(C)C. The standard InChI is InChI=1S/C10H21N/c1-9(2)7-6-8-11-10(3,4)5/h6-7,9,11H,8H2,1-5H3/b7-6+. The van der Waals surface area contributed by atoms with Crippen LogP contribution in [0.5, 0.6) is 0 Å². The lowest BCUT2D eigenvalue weighted by atomic mass is 10.1. The molecule has 1 nitrogen and oxygen atoms in total. The highest BCUT2D eigenvalue weighted by atomic mass is 14.9. The maximum Gasteiger partial charge on any atom is 0.0139 e. The van der Waals surface area contributed by atoms with Gasteiger partial charge in [0.05, 0.1) is 0 Å². The van der Waals surface area contributed by atoms with Crippen LogP contribution in [0.4, 0.5) is 0 Å². The minimum atomic E-state index is 0.237. The molecule has 11 heavy (non-hydrogen) atoms. The van der Waals surface area contributed by atoms with Gasteiger partial charge in [0, 0.05) is 12.1 Å². The molecular formula is C10H21N. The molecule has 0 aromatic heterocycles. The Hall–Kier alpha value is -0.300. The van der Waals surface area contributed by atoms with Crippen LogP contribution in [0.15, 0.2) is 12.2 Å². The number of nitrogens with one attached hydrogen (secondary N) is 1. The Morgan fingerprint density at radius 1 is 1.27 bits per heavy atom. The molecule has 0 radical (unpaired) electrons. The summed E-state index contributed by atoms with van der Waals surface area (Å²) in [6.07, 6.45) is 4.41. The fourth-order valence-corrected chi connectivity index (χ4v) is 0.705. The Balaban J connectivity index is 3.42. The molecule has 0 aromatic carbocycles. The predicted octanol–water partition coefficient (Wildman–Crippen LogP) is 2.59. The molecule has 0 heterocycles. The van der Waals surface area contributed by atoms with Gasteiger partial charge in [-0.05, 0) is 26.7 Å². The first-order chi connectivity index (χ1) is 4.92. The van der Waals surface area contributed by atoms with Crippen molar-refractivity contribution in [2.24, 2.45) is 5.92 Å². The third kappa shape index (κ3) is 9.70. The van der Waals surface area contributed by atoms with Crippen LogP contribution in [-0.4, -0.2) is 12.1 Å². The topological polar surface area (TPSA) is 12.0 Å². The predicted molar refractivity (Wildman–Crippen MR) is 51.7 cm³/mol. The summed E-state index contributed by atoms with van der Waals surface area (Å²) >= 11 is 0. The van der Waals surface area contributed by atoms with Gasteiger partial charge in [-0.15, -0.1) is 0 Å². The van der Waals surface area contributed by atoms with Gasteiger partial charge in [0.15, 0.2) is 0 Å². The molecule has 66 valence electrons. The normalized spacial score (nSPS) is 13.3. The van der Waals surface area contributed by atoms with Crippen LogP contribution in [0.25, 0.3) is 0 Å². The second-order valence-corrected chi connectivity index (χ2v) is 4.30. The second-order valence-electron chi connectivity index (χ2n) is 4.30. The van der Waals surface area contributed by atoms with Crippen LogP contribution in [-0.2, 0) is 0 Å². The van der Waals surface area contributed by atoms with Crippen molar-refractivity contribution in [3.05, 3.63) is 12.2 Å². The van der Waals surface area contributed by atoms with E-state index in [1.807, 2.05) is 0 Å². The molecule has 0 saturated heterocycles. The van der Waals surface area contributed by atoms with E-state index in [0.29, 0.717) is 5.92 Å². The van der Waals surface area contributed by atoms with Gasteiger partial charge in [-0.1, -0.05) is 26.0 Å².